The average molecular weight is 257 g/mol. The summed E-state index contributed by atoms with van der Waals surface area (Å²) in [5.41, 5.74) is -1.01. The Kier molecular flexibility index (Phi) is 2.85. The smallest absolute Gasteiger partial charge is 0.297 e. The molecule has 0 unspecified atom stereocenters. The lowest BCUT2D eigenvalue weighted by molar-refractivity contribution is 0.797. The van der Waals surface area contributed by atoms with Crippen molar-refractivity contribution >= 4 is 23.2 Å². The third-order valence-electron chi connectivity index (χ3n) is 2.00. The van der Waals surface area contributed by atoms with Crippen molar-refractivity contribution in [3.05, 3.63) is 61.1 Å². The summed E-state index contributed by atoms with van der Waals surface area (Å²) in [4.78, 5) is 22.9. The first-order chi connectivity index (χ1) is 7.59. The van der Waals surface area contributed by atoms with Crippen molar-refractivity contribution in [2.24, 2.45) is 0 Å². The van der Waals surface area contributed by atoms with Gasteiger partial charge in [0.2, 0.25) is 0 Å². The van der Waals surface area contributed by atoms with Gasteiger partial charge < -0.3 is 0 Å². The van der Waals surface area contributed by atoms with E-state index < -0.39 is 11.0 Å². The molecule has 0 saturated carbocycles. The number of halogens is 2. The third-order valence-corrected chi connectivity index (χ3v) is 2.52. The molecule has 0 spiro atoms. The second-order valence-corrected chi connectivity index (χ2v) is 3.91. The molecule has 1 heterocycles. The van der Waals surface area contributed by atoms with E-state index in [2.05, 4.69) is 5.10 Å². The normalized spacial score (nSPS) is 10.4. The fourth-order valence-electron chi connectivity index (χ4n) is 1.26. The van der Waals surface area contributed by atoms with Gasteiger partial charge in [-0.25, -0.2) is 4.68 Å². The van der Waals surface area contributed by atoms with Crippen molar-refractivity contribution in [2.75, 3.05) is 0 Å². The maximum absolute atomic E-state index is 11.6. The maximum Gasteiger partial charge on any atom is 0.318 e. The van der Waals surface area contributed by atoms with Gasteiger partial charge in [0, 0.05) is 11.2 Å². The molecule has 0 saturated heterocycles. The topological polar surface area (TPSA) is 54.9 Å². The highest BCUT2D eigenvalue weighted by atomic mass is 35.5. The van der Waals surface area contributed by atoms with Crippen LogP contribution in [0.3, 0.4) is 0 Å². The zero-order valence-corrected chi connectivity index (χ0v) is 9.42. The molecule has 2 rings (SSSR count). The lowest BCUT2D eigenvalue weighted by atomic mass is 10.3. The molecule has 0 bridgehead atoms. The van der Waals surface area contributed by atoms with E-state index in [1.54, 1.807) is 24.3 Å². The minimum absolute atomic E-state index is 0.136. The van der Waals surface area contributed by atoms with Crippen LogP contribution in [0.25, 0.3) is 5.69 Å². The van der Waals surface area contributed by atoms with Crippen LogP contribution >= 0.6 is 23.2 Å². The first-order valence-corrected chi connectivity index (χ1v) is 5.11. The first kappa shape index (κ1) is 11.0. The summed E-state index contributed by atoms with van der Waals surface area (Å²) in [6.07, 6.45) is 1.26. The number of aromatic amines is 1. The first-order valence-electron chi connectivity index (χ1n) is 4.36. The lowest BCUT2D eigenvalue weighted by Gasteiger charge is -2.05. The minimum atomic E-state index is -0.750. The molecule has 0 radical (unpaired) electrons. The van der Waals surface area contributed by atoms with Crippen molar-refractivity contribution in [2.45, 2.75) is 0 Å². The Balaban J connectivity index is 2.71. The van der Waals surface area contributed by atoms with E-state index in [4.69, 9.17) is 23.2 Å². The standard InChI is InChI=1S/C10H6Cl2N2O2/c11-6-2-1-3-7(4-6)14-10(16)9(15)8(12)5-13-14/h1-5,13H. The van der Waals surface area contributed by atoms with E-state index in [-0.39, 0.29) is 5.02 Å². The zero-order valence-electron chi connectivity index (χ0n) is 7.91. The molecule has 0 aliphatic carbocycles. The number of H-pyrrole nitrogens is 1. The number of benzene rings is 1. The molecule has 0 atom stereocenters. The van der Waals surface area contributed by atoms with Crippen LogP contribution in [0.1, 0.15) is 0 Å². The van der Waals surface area contributed by atoms with E-state index in [0.717, 1.165) is 4.68 Å². The Bertz CT molecular complexity index is 646. The lowest BCUT2D eigenvalue weighted by Crippen LogP contribution is -2.34. The molecule has 1 aromatic heterocycles. The Morgan fingerprint density at radius 2 is 1.94 bits per heavy atom. The molecule has 0 amide bonds. The fraction of sp³-hybridized carbons (Fsp3) is 0. The van der Waals surface area contributed by atoms with Crippen LogP contribution in [0.15, 0.2) is 40.1 Å². The van der Waals surface area contributed by atoms with Gasteiger partial charge in [-0.15, -0.1) is 0 Å². The molecule has 1 N–H and O–H groups in total. The van der Waals surface area contributed by atoms with E-state index in [9.17, 15) is 9.59 Å². The zero-order chi connectivity index (χ0) is 11.7. The molecular formula is C10H6Cl2N2O2. The highest BCUT2D eigenvalue weighted by Crippen LogP contribution is 2.12. The van der Waals surface area contributed by atoms with Gasteiger partial charge in [-0.1, -0.05) is 29.3 Å². The summed E-state index contributed by atoms with van der Waals surface area (Å²) in [5.74, 6) is 0. The summed E-state index contributed by atoms with van der Waals surface area (Å²) in [7, 11) is 0. The van der Waals surface area contributed by atoms with E-state index in [1.807, 2.05) is 0 Å². The summed E-state index contributed by atoms with van der Waals surface area (Å²) in [6.45, 7) is 0. The Hall–Kier alpha value is -1.52. The molecule has 0 fully saturated rings. The Labute approximate surface area is 100 Å². The fourth-order valence-corrected chi connectivity index (χ4v) is 1.57. The van der Waals surface area contributed by atoms with Crippen LogP contribution in [0, 0.1) is 0 Å². The molecule has 6 heteroatoms. The van der Waals surface area contributed by atoms with Gasteiger partial charge in [0.25, 0.3) is 5.43 Å². The number of aromatic nitrogens is 2. The minimum Gasteiger partial charge on any atom is -0.297 e. The van der Waals surface area contributed by atoms with Crippen LogP contribution in [0.5, 0.6) is 0 Å². The summed E-state index contributed by atoms with van der Waals surface area (Å²) in [6, 6.07) is 6.56. The summed E-state index contributed by atoms with van der Waals surface area (Å²) in [5, 5.41) is 2.94. The summed E-state index contributed by atoms with van der Waals surface area (Å²) >= 11 is 11.3. The molecular weight excluding hydrogens is 251 g/mol. The van der Waals surface area contributed by atoms with Gasteiger partial charge in [-0.3, -0.25) is 14.7 Å². The number of nitrogens with one attached hydrogen (secondary N) is 1. The summed E-state index contributed by atoms with van der Waals surface area (Å²) < 4.78 is 1.08. The van der Waals surface area contributed by atoms with E-state index >= 15 is 0 Å². The van der Waals surface area contributed by atoms with Crippen molar-refractivity contribution in [3.63, 3.8) is 0 Å². The number of hydrogen-bond donors (Lipinski definition) is 1. The van der Waals surface area contributed by atoms with Crippen LogP contribution < -0.4 is 11.0 Å². The van der Waals surface area contributed by atoms with E-state index in [1.165, 1.54) is 6.20 Å². The van der Waals surface area contributed by atoms with Crippen molar-refractivity contribution in [1.29, 1.82) is 0 Å². The van der Waals surface area contributed by atoms with Gasteiger partial charge in [0.1, 0.15) is 5.02 Å². The van der Waals surface area contributed by atoms with Crippen molar-refractivity contribution < 1.29 is 0 Å². The second-order valence-electron chi connectivity index (χ2n) is 3.07. The molecule has 1 aromatic carbocycles. The van der Waals surface area contributed by atoms with Crippen LogP contribution in [0.4, 0.5) is 0 Å². The van der Waals surface area contributed by atoms with Crippen LogP contribution in [0.2, 0.25) is 10.0 Å². The SMILES string of the molecule is O=c1c(Cl)c[nH]n(-c2cccc(Cl)c2)c1=O. The van der Waals surface area contributed by atoms with E-state index in [0.29, 0.717) is 10.7 Å². The monoisotopic (exact) mass is 256 g/mol. The quantitative estimate of drug-likeness (QED) is 0.792. The highest BCUT2D eigenvalue weighted by Gasteiger charge is 2.06. The average Bonchev–Trinajstić information content (AvgIpc) is 2.26. The number of nitrogens with zero attached hydrogens (tertiary/aromatic N) is 1. The molecule has 0 aliphatic heterocycles. The largest absolute Gasteiger partial charge is 0.318 e. The van der Waals surface area contributed by atoms with Gasteiger partial charge in [0.15, 0.2) is 0 Å². The number of hydrogen-bond acceptors (Lipinski definition) is 2. The third kappa shape index (κ3) is 1.89. The second kappa shape index (κ2) is 4.15. The molecule has 2 aromatic rings. The Morgan fingerprint density at radius 3 is 2.62 bits per heavy atom. The van der Waals surface area contributed by atoms with Crippen LogP contribution in [-0.4, -0.2) is 9.78 Å². The van der Waals surface area contributed by atoms with Crippen LogP contribution in [-0.2, 0) is 0 Å². The molecule has 16 heavy (non-hydrogen) atoms. The van der Waals surface area contributed by atoms with Crippen molar-refractivity contribution in [3.8, 4) is 5.69 Å². The molecule has 82 valence electrons. The molecule has 0 aliphatic rings. The van der Waals surface area contributed by atoms with Gasteiger partial charge in [-0.2, -0.15) is 0 Å². The van der Waals surface area contributed by atoms with Gasteiger partial charge in [0.05, 0.1) is 5.69 Å². The predicted octanol–water partition coefficient (Wildman–Crippen LogP) is 1.83. The van der Waals surface area contributed by atoms with Gasteiger partial charge in [-0.05, 0) is 18.2 Å². The predicted molar refractivity (Wildman–Crippen MR) is 62.7 cm³/mol. The maximum atomic E-state index is 11.6. The molecule has 4 nitrogen and oxygen atoms in total. The van der Waals surface area contributed by atoms with Gasteiger partial charge >= 0.3 is 5.56 Å². The number of rotatable bonds is 1. The highest BCUT2D eigenvalue weighted by molar-refractivity contribution is 6.30. The van der Waals surface area contributed by atoms with Crippen molar-refractivity contribution in [1.82, 2.24) is 9.78 Å². The Morgan fingerprint density at radius 1 is 1.19 bits per heavy atom.